The molecule has 0 bridgehead atoms. The van der Waals surface area contributed by atoms with Crippen LogP contribution in [0.3, 0.4) is 0 Å². The molecule has 0 aliphatic carbocycles. The number of rotatable bonds is 6. The molecule has 126 valence electrons. The van der Waals surface area contributed by atoms with Crippen molar-refractivity contribution in [1.29, 1.82) is 0 Å². The number of ether oxygens (including phenoxy) is 2. The zero-order valence-corrected chi connectivity index (χ0v) is 13.4. The summed E-state index contributed by atoms with van der Waals surface area (Å²) in [6.45, 7) is 3.57. The maximum absolute atomic E-state index is 12.9. The third-order valence-corrected chi connectivity index (χ3v) is 3.14. The average molecular weight is 331 g/mol. The molecule has 1 amide bonds. The highest BCUT2D eigenvalue weighted by atomic mass is 19.1. The maximum atomic E-state index is 12.9. The molecule has 0 aliphatic heterocycles. The van der Waals surface area contributed by atoms with E-state index in [0.29, 0.717) is 17.0 Å². The minimum Gasteiger partial charge on any atom is -0.481 e. The standard InChI is InChI=1S/C18H18FNO4/c1-3-23-18(22)13-5-4-6-15(11-13)20-17(21)12(2)24-16-9-7-14(19)8-10-16/h4-12H,3H2,1-2H3,(H,20,21)/t12-/m1/s1. The van der Waals surface area contributed by atoms with Gasteiger partial charge in [-0.3, -0.25) is 4.79 Å². The van der Waals surface area contributed by atoms with Crippen LogP contribution in [0.2, 0.25) is 0 Å². The highest BCUT2D eigenvalue weighted by molar-refractivity contribution is 5.96. The van der Waals surface area contributed by atoms with Crippen molar-refractivity contribution in [3.05, 3.63) is 59.9 Å². The quantitative estimate of drug-likeness (QED) is 0.824. The van der Waals surface area contributed by atoms with Crippen LogP contribution >= 0.6 is 0 Å². The van der Waals surface area contributed by atoms with Gasteiger partial charge in [-0.15, -0.1) is 0 Å². The predicted octanol–water partition coefficient (Wildman–Crippen LogP) is 3.41. The molecular formula is C18H18FNO4. The number of benzene rings is 2. The van der Waals surface area contributed by atoms with Crippen LogP contribution in [-0.4, -0.2) is 24.6 Å². The number of nitrogens with one attached hydrogen (secondary N) is 1. The van der Waals surface area contributed by atoms with E-state index in [1.165, 1.54) is 30.3 Å². The number of carbonyl (C=O) groups excluding carboxylic acids is 2. The fourth-order valence-electron chi connectivity index (χ4n) is 1.95. The summed E-state index contributed by atoms with van der Waals surface area (Å²) in [5, 5.41) is 2.66. The first-order chi connectivity index (χ1) is 11.5. The van der Waals surface area contributed by atoms with Crippen molar-refractivity contribution >= 4 is 17.6 Å². The van der Waals surface area contributed by atoms with Crippen LogP contribution in [0.25, 0.3) is 0 Å². The first-order valence-electron chi connectivity index (χ1n) is 7.50. The number of carbonyl (C=O) groups is 2. The lowest BCUT2D eigenvalue weighted by Gasteiger charge is -2.15. The van der Waals surface area contributed by atoms with Crippen LogP contribution < -0.4 is 10.1 Å². The van der Waals surface area contributed by atoms with Crippen LogP contribution in [0.4, 0.5) is 10.1 Å². The van der Waals surface area contributed by atoms with Crippen molar-refractivity contribution in [2.24, 2.45) is 0 Å². The molecule has 1 N–H and O–H groups in total. The molecule has 5 nitrogen and oxygen atoms in total. The smallest absolute Gasteiger partial charge is 0.338 e. The van der Waals surface area contributed by atoms with E-state index in [1.807, 2.05) is 0 Å². The number of amides is 1. The Bertz CT molecular complexity index is 715. The molecule has 0 unspecified atom stereocenters. The molecule has 0 heterocycles. The molecule has 2 aromatic rings. The summed E-state index contributed by atoms with van der Waals surface area (Å²) in [4.78, 5) is 23.9. The van der Waals surface area contributed by atoms with E-state index in [9.17, 15) is 14.0 Å². The fraction of sp³-hybridized carbons (Fsp3) is 0.222. The Morgan fingerprint density at radius 3 is 2.54 bits per heavy atom. The van der Waals surface area contributed by atoms with Gasteiger partial charge in [-0.2, -0.15) is 0 Å². The summed E-state index contributed by atoms with van der Waals surface area (Å²) in [7, 11) is 0. The molecule has 0 radical (unpaired) electrons. The molecule has 2 rings (SSSR count). The summed E-state index contributed by atoms with van der Waals surface area (Å²) < 4.78 is 23.2. The minimum absolute atomic E-state index is 0.276. The number of anilines is 1. The van der Waals surface area contributed by atoms with Gasteiger partial charge < -0.3 is 14.8 Å². The molecule has 24 heavy (non-hydrogen) atoms. The molecule has 0 aromatic heterocycles. The van der Waals surface area contributed by atoms with Gasteiger partial charge in [-0.1, -0.05) is 6.07 Å². The molecular weight excluding hydrogens is 313 g/mol. The van der Waals surface area contributed by atoms with E-state index in [4.69, 9.17) is 9.47 Å². The number of hydrogen-bond donors (Lipinski definition) is 1. The first-order valence-corrected chi connectivity index (χ1v) is 7.50. The van der Waals surface area contributed by atoms with Crippen molar-refractivity contribution in [2.45, 2.75) is 20.0 Å². The number of esters is 1. The van der Waals surface area contributed by atoms with Gasteiger partial charge in [-0.05, 0) is 56.3 Å². The van der Waals surface area contributed by atoms with Crippen LogP contribution in [0, 0.1) is 5.82 Å². The normalized spacial score (nSPS) is 11.5. The van der Waals surface area contributed by atoms with Crippen molar-refractivity contribution in [2.75, 3.05) is 11.9 Å². The van der Waals surface area contributed by atoms with E-state index in [1.54, 1.807) is 32.0 Å². The van der Waals surface area contributed by atoms with Crippen LogP contribution in [0.15, 0.2) is 48.5 Å². The topological polar surface area (TPSA) is 64.6 Å². The second-order valence-corrected chi connectivity index (χ2v) is 5.00. The monoisotopic (exact) mass is 331 g/mol. The van der Waals surface area contributed by atoms with Crippen molar-refractivity contribution in [3.63, 3.8) is 0 Å². The molecule has 0 saturated carbocycles. The predicted molar refractivity (Wildman–Crippen MR) is 87.5 cm³/mol. The van der Waals surface area contributed by atoms with Crippen LogP contribution in [-0.2, 0) is 9.53 Å². The molecule has 0 saturated heterocycles. The van der Waals surface area contributed by atoms with Crippen molar-refractivity contribution < 1.29 is 23.5 Å². The van der Waals surface area contributed by atoms with E-state index >= 15 is 0 Å². The maximum Gasteiger partial charge on any atom is 0.338 e. The Kier molecular flexibility index (Phi) is 5.89. The van der Waals surface area contributed by atoms with Crippen LogP contribution in [0.5, 0.6) is 5.75 Å². The van der Waals surface area contributed by atoms with Crippen molar-refractivity contribution in [1.82, 2.24) is 0 Å². The zero-order valence-electron chi connectivity index (χ0n) is 13.4. The number of hydrogen-bond acceptors (Lipinski definition) is 4. The second-order valence-electron chi connectivity index (χ2n) is 5.00. The first kappa shape index (κ1) is 17.5. The molecule has 0 aliphatic rings. The molecule has 0 fully saturated rings. The van der Waals surface area contributed by atoms with Gasteiger partial charge >= 0.3 is 5.97 Å². The summed E-state index contributed by atoms with van der Waals surface area (Å²) in [6.07, 6.45) is -0.790. The molecule has 6 heteroatoms. The Balaban J connectivity index is 1.99. The largest absolute Gasteiger partial charge is 0.481 e. The van der Waals surface area contributed by atoms with Gasteiger partial charge in [0.15, 0.2) is 6.10 Å². The Labute approximate surface area is 139 Å². The average Bonchev–Trinajstić information content (AvgIpc) is 2.57. The highest BCUT2D eigenvalue weighted by Crippen LogP contribution is 2.15. The molecule has 1 atom stereocenters. The lowest BCUT2D eigenvalue weighted by molar-refractivity contribution is -0.122. The van der Waals surface area contributed by atoms with Gasteiger partial charge in [0.2, 0.25) is 0 Å². The zero-order chi connectivity index (χ0) is 17.5. The summed E-state index contributed by atoms with van der Waals surface area (Å²) in [6, 6.07) is 11.8. The van der Waals surface area contributed by atoms with Gasteiger partial charge in [0, 0.05) is 5.69 Å². The Morgan fingerprint density at radius 1 is 1.17 bits per heavy atom. The van der Waals surface area contributed by atoms with Gasteiger partial charge in [0.1, 0.15) is 11.6 Å². The minimum atomic E-state index is -0.790. The van der Waals surface area contributed by atoms with Gasteiger partial charge in [0.05, 0.1) is 12.2 Å². The van der Waals surface area contributed by atoms with E-state index < -0.39 is 12.1 Å². The lowest BCUT2D eigenvalue weighted by Crippen LogP contribution is -2.30. The number of halogens is 1. The Morgan fingerprint density at radius 2 is 1.88 bits per heavy atom. The summed E-state index contributed by atoms with van der Waals surface area (Å²) in [5.74, 6) is -0.834. The third-order valence-electron chi connectivity index (χ3n) is 3.14. The van der Waals surface area contributed by atoms with E-state index in [-0.39, 0.29) is 18.3 Å². The summed E-state index contributed by atoms with van der Waals surface area (Å²) >= 11 is 0. The highest BCUT2D eigenvalue weighted by Gasteiger charge is 2.16. The molecule has 0 spiro atoms. The summed E-state index contributed by atoms with van der Waals surface area (Å²) in [5.41, 5.74) is 0.807. The molecule has 2 aromatic carbocycles. The van der Waals surface area contributed by atoms with Gasteiger partial charge in [-0.25, -0.2) is 9.18 Å². The lowest BCUT2D eigenvalue weighted by atomic mass is 10.2. The SMILES string of the molecule is CCOC(=O)c1cccc(NC(=O)[C@@H](C)Oc2ccc(F)cc2)c1. The van der Waals surface area contributed by atoms with Crippen molar-refractivity contribution in [3.8, 4) is 5.75 Å². The third kappa shape index (κ3) is 4.81. The Hall–Kier alpha value is -2.89. The van der Waals surface area contributed by atoms with Crippen LogP contribution in [0.1, 0.15) is 24.2 Å². The van der Waals surface area contributed by atoms with E-state index in [2.05, 4.69) is 5.32 Å². The van der Waals surface area contributed by atoms with E-state index in [0.717, 1.165) is 0 Å². The fourth-order valence-corrected chi connectivity index (χ4v) is 1.95. The van der Waals surface area contributed by atoms with Gasteiger partial charge in [0.25, 0.3) is 5.91 Å². The second kappa shape index (κ2) is 8.10.